The largest absolute Gasteiger partial charge is 0.385 e. The highest BCUT2D eigenvalue weighted by Gasteiger charge is 2.07. The van der Waals surface area contributed by atoms with Crippen molar-refractivity contribution in [3.05, 3.63) is 66.0 Å². The molecule has 0 aliphatic rings. The molecule has 0 unspecified atom stereocenters. The van der Waals surface area contributed by atoms with E-state index in [2.05, 4.69) is 40.6 Å². The van der Waals surface area contributed by atoms with Crippen LogP contribution in [0.4, 0.5) is 5.69 Å². The quantitative estimate of drug-likeness (QED) is 0.773. The normalized spacial score (nSPS) is 10.5. The third-order valence-electron chi connectivity index (χ3n) is 3.18. The van der Waals surface area contributed by atoms with Crippen LogP contribution in [0.15, 0.2) is 59.1 Å². The van der Waals surface area contributed by atoms with E-state index in [4.69, 9.17) is 4.52 Å². The van der Waals surface area contributed by atoms with Crippen molar-refractivity contribution in [3.63, 3.8) is 0 Å². The highest BCUT2D eigenvalue weighted by atomic mass is 16.5. The first kappa shape index (κ1) is 13.4. The Morgan fingerprint density at radius 1 is 1.05 bits per heavy atom. The molecule has 106 valence electrons. The lowest BCUT2D eigenvalue weighted by molar-refractivity contribution is 0.423. The third-order valence-corrected chi connectivity index (χ3v) is 3.18. The lowest BCUT2D eigenvalue weighted by atomic mass is 10.2. The number of benzene rings is 2. The van der Waals surface area contributed by atoms with Crippen LogP contribution in [0, 0.1) is 6.92 Å². The maximum Gasteiger partial charge on any atom is 0.257 e. The zero-order valence-electron chi connectivity index (χ0n) is 11.9. The predicted octanol–water partition coefficient (Wildman–Crippen LogP) is 3.70. The first-order valence-corrected chi connectivity index (χ1v) is 7.00. The zero-order valence-corrected chi connectivity index (χ0v) is 11.9. The van der Waals surface area contributed by atoms with E-state index in [9.17, 15) is 0 Å². The van der Waals surface area contributed by atoms with Gasteiger partial charge in [0.15, 0.2) is 5.82 Å². The van der Waals surface area contributed by atoms with Crippen LogP contribution in [-0.4, -0.2) is 16.7 Å². The van der Waals surface area contributed by atoms with E-state index in [-0.39, 0.29) is 0 Å². The molecular weight excluding hydrogens is 262 g/mol. The summed E-state index contributed by atoms with van der Waals surface area (Å²) < 4.78 is 5.28. The Bertz CT molecular complexity index is 707. The fraction of sp³-hybridized carbons (Fsp3) is 0.176. The van der Waals surface area contributed by atoms with Gasteiger partial charge in [0.25, 0.3) is 5.89 Å². The fourth-order valence-corrected chi connectivity index (χ4v) is 2.13. The van der Waals surface area contributed by atoms with Crippen molar-refractivity contribution in [1.82, 2.24) is 10.1 Å². The van der Waals surface area contributed by atoms with Gasteiger partial charge in [-0.25, -0.2) is 0 Å². The van der Waals surface area contributed by atoms with Crippen molar-refractivity contribution < 1.29 is 4.52 Å². The van der Waals surface area contributed by atoms with Gasteiger partial charge in [-0.05, 0) is 36.8 Å². The van der Waals surface area contributed by atoms with Gasteiger partial charge in [-0.15, -0.1) is 0 Å². The number of hydrogen-bond donors (Lipinski definition) is 1. The Labute approximate surface area is 123 Å². The van der Waals surface area contributed by atoms with E-state index in [1.807, 2.05) is 36.4 Å². The van der Waals surface area contributed by atoms with Crippen LogP contribution in [0.3, 0.4) is 0 Å². The molecule has 0 fully saturated rings. The van der Waals surface area contributed by atoms with Crippen LogP contribution in [-0.2, 0) is 6.42 Å². The smallest absolute Gasteiger partial charge is 0.257 e. The highest BCUT2D eigenvalue weighted by Crippen LogP contribution is 2.16. The lowest BCUT2D eigenvalue weighted by Crippen LogP contribution is -2.05. The molecule has 2 aromatic carbocycles. The van der Waals surface area contributed by atoms with Gasteiger partial charge in [0.1, 0.15) is 0 Å². The monoisotopic (exact) mass is 279 g/mol. The summed E-state index contributed by atoms with van der Waals surface area (Å²) in [4.78, 5) is 4.41. The average Bonchev–Trinajstić information content (AvgIpc) is 2.97. The Morgan fingerprint density at radius 3 is 2.71 bits per heavy atom. The van der Waals surface area contributed by atoms with E-state index >= 15 is 0 Å². The molecule has 4 nitrogen and oxygen atoms in total. The second-order valence-electron chi connectivity index (χ2n) is 4.93. The molecule has 0 atom stereocenters. The van der Waals surface area contributed by atoms with Crippen molar-refractivity contribution in [1.29, 1.82) is 0 Å². The molecule has 0 saturated carbocycles. The Hall–Kier alpha value is -2.62. The molecule has 21 heavy (non-hydrogen) atoms. The summed E-state index contributed by atoms with van der Waals surface area (Å²) >= 11 is 0. The topological polar surface area (TPSA) is 51.0 Å². The van der Waals surface area contributed by atoms with Crippen LogP contribution < -0.4 is 5.32 Å². The maximum absolute atomic E-state index is 5.28. The van der Waals surface area contributed by atoms with E-state index in [1.165, 1.54) is 5.56 Å². The average molecular weight is 279 g/mol. The SMILES string of the molecule is Cc1cccc(NCCc2noc(-c3ccccc3)n2)c1. The standard InChI is InChI=1S/C17H17N3O/c1-13-6-5-9-15(12-13)18-11-10-16-19-17(21-20-16)14-7-3-2-4-8-14/h2-9,12,18H,10-11H2,1H3. The van der Waals surface area contributed by atoms with Crippen LogP contribution in [0.1, 0.15) is 11.4 Å². The molecule has 1 heterocycles. The Kier molecular flexibility index (Phi) is 3.96. The van der Waals surface area contributed by atoms with E-state index < -0.39 is 0 Å². The van der Waals surface area contributed by atoms with Crippen molar-refractivity contribution >= 4 is 5.69 Å². The van der Waals surface area contributed by atoms with Crippen molar-refractivity contribution in [2.75, 3.05) is 11.9 Å². The summed E-state index contributed by atoms with van der Waals surface area (Å²) in [5.74, 6) is 1.29. The number of aromatic nitrogens is 2. The summed E-state index contributed by atoms with van der Waals surface area (Å²) in [6.45, 7) is 2.85. The minimum absolute atomic E-state index is 0.571. The summed E-state index contributed by atoms with van der Waals surface area (Å²) in [6, 6.07) is 18.1. The highest BCUT2D eigenvalue weighted by molar-refractivity contribution is 5.52. The fourth-order valence-electron chi connectivity index (χ4n) is 2.13. The van der Waals surface area contributed by atoms with Gasteiger partial charge < -0.3 is 9.84 Å². The van der Waals surface area contributed by atoms with Gasteiger partial charge in [0, 0.05) is 24.2 Å². The zero-order chi connectivity index (χ0) is 14.5. The maximum atomic E-state index is 5.28. The second-order valence-corrected chi connectivity index (χ2v) is 4.93. The molecule has 0 amide bonds. The van der Waals surface area contributed by atoms with Gasteiger partial charge in [-0.2, -0.15) is 4.98 Å². The van der Waals surface area contributed by atoms with Gasteiger partial charge in [-0.3, -0.25) is 0 Å². The number of anilines is 1. The minimum Gasteiger partial charge on any atom is -0.385 e. The Morgan fingerprint density at radius 2 is 1.90 bits per heavy atom. The number of nitrogens with one attached hydrogen (secondary N) is 1. The van der Waals surface area contributed by atoms with Gasteiger partial charge in [-0.1, -0.05) is 35.5 Å². The molecule has 1 N–H and O–H groups in total. The third kappa shape index (κ3) is 3.48. The second kappa shape index (κ2) is 6.22. The summed E-state index contributed by atoms with van der Waals surface area (Å²) in [7, 11) is 0. The lowest BCUT2D eigenvalue weighted by Gasteiger charge is -2.04. The van der Waals surface area contributed by atoms with E-state index in [1.54, 1.807) is 0 Å². The predicted molar refractivity (Wildman–Crippen MR) is 83.1 cm³/mol. The summed E-state index contributed by atoms with van der Waals surface area (Å²) in [6.07, 6.45) is 0.726. The number of aryl methyl sites for hydroxylation is 1. The van der Waals surface area contributed by atoms with Crippen LogP contribution in [0.5, 0.6) is 0 Å². The number of rotatable bonds is 5. The van der Waals surface area contributed by atoms with Crippen LogP contribution >= 0.6 is 0 Å². The first-order valence-electron chi connectivity index (χ1n) is 7.00. The summed E-state index contributed by atoms with van der Waals surface area (Å²) in [5, 5.41) is 7.38. The molecule has 0 radical (unpaired) electrons. The molecule has 0 aliphatic heterocycles. The van der Waals surface area contributed by atoms with Gasteiger partial charge >= 0.3 is 0 Å². The molecule has 0 aliphatic carbocycles. The van der Waals surface area contributed by atoms with Crippen molar-refractivity contribution in [2.45, 2.75) is 13.3 Å². The van der Waals surface area contributed by atoms with E-state index in [0.29, 0.717) is 11.7 Å². The molecule has 4 heteroatoms. The molecule has 0 saturated heterocycles. The molecule has 3 rings (SSSR count). The molecular formula is C17H17N3O. The van der Waals surface area contributed by atoms with Crippen molar-refractivity contribution in [2.24, 2.45) is 0 Å². The first-order chi connectivity index (χ1) is 10.3. The molecule has 1 aromatic heterocycles. The van der Waals surface area contributed by atoms with Gasteiger partial charge in [0.05, 0.1) is 0 Å². The minimum atomic E-state index is 0.571. The molecule has 0 bridgehead atoms. The van der Waals surface area contributed by atoms with E-state index in [0.717, 1.165) is 24.2 Å². The molecule has 0 spiro atoms. The van der Waals surface area contributed by atoms with Crippen LogP contribution in [0.2, 0.25) is 0 Å². The molecule has 3 aromatic rings. The Balaban J connectivity index is 1.58. The number of nitrogens with zero attached hydrogens (tertiary/aromatic N) is 2. The number of hydrogen-bond acceptors (Lipinski definition) is 4. The van der Waals surface area contributed by atoms with Gasteiger partial charge in [0.2, 0.25) is 0 Å². The van der Waals surface area contributed by atoms with Crippen LogP contribution in [0.25, 0.3) is 11.5 Å². The van der Waals surface area contributed by atoms with Crippen molar-refractivity contribution in [3.8, 4) is 11.5 Å². The summed E-state index contributed by atoms with van der Waals surface area (Å²) in [5.41, 5.74) is 3.30.